The molecule has 2 nitrogen and oxygen atoms in total. The van der Waals surface area contributed by atoms with Gasteiger partial charge in [-0.2, -0.15) is 0 Å². The molecule has 0 aliphatic carbocycles. The van der Waals surface area contributed by atoms with E-state index in [4.69, 9.17) is 0 Å². The number of carbonyl (C=O) groups excluding carboxylic acids is 1. The first kappa shape index (κ1) is 18.0. The Morgan fingerprint density at radius 1 is 1.17 bits per heavy atom. The van der Waals surface area contributed by atoms with Crippen LogP contribution in [-0.2, 0) is 17.3 Å². The molecule has 0 heterocycles. The summed E-state index contributed by atoms with van der Waals surface area (Å²) in [5.41, 5.74) is 0.639. The van der Waals surface area contributed by atoms with Crippen LogP contribution < -0.4 is 5.32 Å². The van der Waals surface area contributed by atoms with Gasteiger partial charge >= 0.3 is 0 Å². The highest BCUT2D eigenvalue weighted by Gasteiger charge is 2.25. The van der Waals surface area contributed by atoms with E-state index in [1.54, 1.807) is 0 Å². The van der Waals surface area contributed by atoms with Gasteiger partial charge < -0.3 is 5.32 Å². The molecule has 5 heteroatoms. The molecule has 0 radical (unpaired) electrons. The van der Waals surface area contributed by atoms with Gasteiger partial charge in [-0.05, 0) is 24.1 Å². The van der Waals surface area contributed by atoms with E-state index in [1.807, 2.05) is 37.3 Å². The maximum Gasteiger partial charge on any atom is 0.270 e. The van der Waals surface area contributed by atoms with E-state index >= 15 is 0 Å². The Morgan fingerprint density at radius 3 is 2.42 bits per heavy atom. The lowest BCUT2D eigenvalue weighted by molar-refractivity contribution is -0.122. The van der Waals surface area contributed by atoms with Gasteiger partial charge in [0.2, 0.25) is 5.91 Å². The number of alkyl halides is 2. The minimum atomic E-state index is -3.05. The fourth-order valence-electron chi connectivity index (χ4n) is 2.55. The van der Waals surface area contributed by atoms with Crippen molar-refractivity contribution in [2.45, 2.75) is 38.7 Å². The first-order chi connectivity index (χ1) is 11.3. The number of halogens is 3. The number of nitrogens with one attached hydrogen (secondary N) is 1. The molecular weight excluding hydrogens is 315 g/mol. The summed E-state index contributed by atoms with van der Waals surface area (Å²) >= 11 is 0. The minimum Gasteiger partial charge on any atom is -0.351 e. The van der Waals surface area contributed by atoms with Crippen molar-refractivity contribution in [3.63, 3.8) is 0 Å². The Morgan fingerprint density at radius 2 is 1.83 bits per heavy atom. The van der Waals surface area contributed by atoms with Crippen molar-refractivity contribution in [3.8, 4) is 0 Å². The van der Waals surface area contributed by atoms with E-state index < -0.39 is 11.7 Å². The lowest BCUT2D eigenvalue weighted by Gasteiger charge is -2.17. The summed E-state index contributed by atoms with van der Waals surface area (Å²) in [6, 6.07) is 12.4. The molecule has 1 amide bonds. The van der Waals surface area contributed by atoms with Crippen molar-refractivity contribution >= 4 is 5.91 Å². The molecule has 0 saturated heterocycles. The summed E-state index contributed by atoms with van der Waals surface area (Å²) in [6.45, 7) is 2.51. The zero-order valence-electron chi connectivity index (χ0n) is 13.7. The Hall–Kier alpha value is -2.30. The van der Waals surface area contributed by atoms with Crippen molar-refractivity contribution in [2.24, 2.45) is 0 Å². The molecule has 1 N–H and O–H groups in total. The molecular formula is C19H20F3NO. The monoisotopic (exact) mass is 335 g/mol. The number of amides is 1. The third-order valence-corrected chi connectivity index (χ3v) is 3.93. The quantitative estimate of drug-likeness (QED) is 0.811. The maximum absolute atomic E-state index is 13.8. The summed E-state index contributed by atoms with van der Waals surface area (Å²) in [5, 5.41) is 2.64. The van der Waals surface area contributed by atoms with Gasteiger partial charge in [-0.3, -0.25) is 4.79 Å². The average Bonchev–Trinajstić information content (AvgIpc) is 2.54. The molecule has 1 atom stereocenters. The van der Waals surface area contributed by atoms with Crippen LogP contribution in [0.2, 0.25) is 0 Å². The van der Waals surface area contributed by atoms with Gasteiger partial charge in [0.15, 0.2) is 0 Å². The number of benzene rings is 2. The van der Waals surface area contributed by atoms with Gasteiger partial charge in [-0.15, -0.1) is 0 Å². The molecule has 128 valence electrons. The molecule has 1 unspecified atom stereocenters. The molecule has 2 aromatic carbocycles. The van der Waals surface area contributed by atoms with E-state index in [2.05, 4.69) is 5.32 Å². The normalized spacial score (nSPS) is 12.7. The Labute approximate surface area is 139 Å². The number of hydrogen-bond acceptors (Lipinski definition) is 1. The van der Waals surface area contributed by atoms with Gasteiger partial charge in [-0.25, -0.2) is 13.2 Å². The fourth-order valence-corrected chi connectivity index (χ4v) is 2.55. The van der Waals surface area contributed by atoms with E-state index in [0.29, 0.717) is 6.42 Å². The van der Waals surface area contributed by atoms with Crippen LogP contribution in [0, 0.1) is 5.82 Å². The SMILES string of the molecule is CCC(C(=O)NCc1cc(C(C)(F)F)ccc1F)c1ccccc1. The standard InChI is InChI=1S/C19H20F3NO/c1-3-16(13-7-5-4-6-8-13)18(24)23-12-14-11-15(19(2,21)22)9-10-17(14)20/h4-11,16H,3,12H2,1-2H3,(H,23,24). The van der Waals surface area contributed by atoms with Gasteiger partial charge in [0, 0.05) is 24.6 Å². The second kappa shape index (κ2) is 7.51. The van der Waals surface area contributed by atoms with Gasteiger partial charge in [0.25, 0.3) is 5.92 Å². The number of hydrogen-bond donors (Lipinski definition) is 1. The molecule has 2 rings (SSSR count). The van der Waals surface area contributed by atoms with Crippen molar-refractivity contribution in [3.05, 3.63) is 71.0 Å². The van der Waals surface area contributed by atoms with E-state index in [1.165, 1.54) is 0 Å². The summed E-state index contributed by atoms with van der Waals surface area (Å²) < 4.78 is 40.5. The highest BCUT2D eigenvalue weighted by atomic mass is 19.3. The van der Waals surface area contributed by atoms with Gasteiger partial charge in [0.1, 0.15) is 5.82 Å². The van der Waals surface area contributed by atoms with Crippen LogP contribution in [0.15, 0.2) is 48.5 Å². The summed E-state index contributed by atoms with van der Waals surface area (Å²) in [4.78, 5) is 12.4. The number of carbonyl (C=O) groups is 1. The van der Waals surface area contributed by atoms with Crippen LogP contribution in [0.4, 0.5) is 13.2 Å². The zero-order chi connectivity index (χ0) is 17.7. The molecule has 0 spiro atoms. The molecule has 0 aliphatic heterocycles. The second-order valence-electron chi connectivity index (χ2n) is 5.78. The van der Waals surface area contributed by atoms with Gasteiger partial charge in [-0.1, -0.05) is 43.3 Å². The molecule has 0 aromatic heterocycles. The summed E-state index contributed by atoms with van der Waals surface area (Å²) in [7, 11) is 0. The fraction of sp³-hybridized carbons (Fsp3) is 0.316. The van der Waals surface area contributed by atoms with Crippen molar-refractivity contribution in [1.29, 1.82) is 0 Å². The van der Waals surface area contributed by atoms with E-state index in [0.717, 1.165) is 30.7 Å². The van der Waals surface area contributed by atoms with Crippen molar-refractivity contribution < 1.29 is 18.0 Å². The van der Waals surface area contributed by atoms with E-state index in [9.17, 15) is 18.0 Å². The Kier molecular flexibility index (Phi) is 5.65. The lowest BCUT2D eigenvalue weighted by atomic mass is 9.95. The topological polar surface area (TPSA) is 29.1 Å². The van der Waals surface area contributed by atoms with Crippen molar-refractivity contribution in [2.75, 3.05) is 0 Å². The first-order valence-electron chi connectivity index (χ1n) is 7.82. The Balaban J connectivity index is 2.11. The number of rotatable bonds is 6. The lowest BCUT2D eigenvalue weighted by Crippen LogP contribution is -2.29. The first-order valence-corrected chi connectivity index (χ1v) is 7.82. The molecule has 2 aromatic rings. The molecule has 24 heavy (non-hydrogen) atoms. The predicted molar refractivity (Wildman–Crippen MR) is 87.3 cm³/mol. The largest absolute Gasteiger partial charge is 0.351 e. The highest BCUT2D eigenvalue weighted by Crippen LogP contribution is 2.28. The maximum atomic E-state index is 13.8. The van der Waals surface area contributed by atoms with Crippen LogP contribution in [0.25, 0.3) is 0 Å². The van der Waals surface area contributed by atoms with Crippen LogP contribution in [0.1, 0.15) is 42.9 Å². The molecule has 0 fully saturated rings. The third-order valence-electron chi connectivity index (χ3n) is 3.93. The molecule has 0 aliphatic rings. The highest BCUT2D eigenvalue weighted by molar-refractivity contribution is 5.83. The molecule has 0 bridgehead atoms. The average molecular weight is 335 g/mol. The second-order valence-corrected chi connectivity index (χ2v) is 5.78. The van der Waals surface area contributed by atoms with Gasteiger partial charge in [0.05, 0.1) is 5.92 Å². The summed E-state index contributed by atoms with van der Waals surface area (Å²) in [6.07, 6.45) is 0.589. The Bertz CT molecular complexity index is 696. The summed E-state index contributed by atoms with van der Waals surface area (Å²) in [5.74, 6) is -4.28. The van der Waals surface area contributed by atoms with Crippen LogP contribution in [0.3, 0.4) is 0 Å². The van der Waals surface area contributed by atoms with Crippen LogP contribution in [0.5, 0.6) is 0 Å². The predicted octanol–water partition coefficient (Wildman–Crippen LogP) is 4.75. The van der Waals surface area contributed by atoms with E-state index in [-0.39, 0.29) is 29.5 Å². The molecule has 0 saturated carbocycles. The minimum absolute atomic E-state index is 0.0466. The van der Waals surface area contributed by atoms with Crippen LogP contribution >= 0.6 is 0 Å². The van der Waals surface area contributed by atoms with Crippen LogP contribution in [-0.4, -0.2) is 5.91 Å². The van der Waals surface area contributed by atoms with Crippen molar-refractivity contribution in [1.82, 2.24) is 5.32 Å². The smallest absolute Gasteiger partial charge is 0.270 e. The zero-order valence-corrected chi connectivity index (χ0v) is 13.7. The third kappa shape index (κ3) is 4.37.